The molecule has 7 rings (SSSR count). The molecule has 15 heteroatoms. The van der Waals surface area contributed by atoms with Crippen LogP contribution in [0.15, 0.2) is 127 Å². The summed E-state index contributed by atoms with van der Waals surface area (Å²) in [7, 11) is 0. The molecule has 0 aliphatic carbocycles. The third kappa shape index (κ3) is 14.2. The summed E-state index contributed by atoms with van der Waals surface area (Å²) in [6.07, 6.45) is -0.207. The van der Waals surface area contributed by atoms with Crippen LogP contribution in [0.2, 0.25) is 0 Å². The van der Waals surface area contributed by atoms with E-state index >= 15 is 0 Å². The minimum Gasteiger partial charge on any atom is -0.481 e. The van der Waals surface area contributed by atoms with Crippen LogP contribution in [0.1, 0.15) is 47.3 Å². The predicted molar refractivity (Wildman–Crippen MR) is 239 cm³/mol. The summed E-state index contributed by atoms with van der Waals surface area (Å²) < 4.78 is 0. The summed E-state index contributed by atoms with van der Waals surface area (Å²) in [4.78, 5) is 95.2. The lowest BCUT2D eigenvalue weighted by Gasteiger charge is -2.27. The summed E-state index contributed by atoms with van der Waals surface area (Å²) in [5.41, 5.74) is 4.44. The van der Waals surface area contributed by atoms with Gasteiger partial charge in [-0.25, -0.2) is 0 Å². The average molecular weight is 871 g/mol. The number of carboxylic acid groups (broad SMARTS) is 1. The largest absolute Gasteiger partial charge is 0.481 e. The van der Waals surface area contributed by atoms with Gasteiger partial charge in [-0.3, -0.25) is 33.6 Å². The lowest BCUT2D eigenvalue weighted by Crippen LogP contribution is -2.59. The van der Waals surface area contributed by atoms with Gasteiger partial charge in [-0.15, -0.1) is 11.3 Å². The lowest BCUT2D eigenvalue weighted by atomic mass is 9.99. The number of carboxylic acids is 1. The molecular formula is C48H50N6O8S. The number of carbonyl (C=O) groups excluding carboxylic acids is 6. The molecule has 3 heterocycles. The Labute approximate surface area is 369 Å². The van der Waals surface area contributed by atoms with E-state index in [1.165, 1.54) is 11.3 Å². The summed E-state index contributed by atoms with van der Waals surface area (Å²) in [6.45, 7) is 0.0468. The molecule has 0 saturated heterocycles. The van der Waals surface area contributed by atoms with Gasteiger partial charge in [-0.05, 0) is 57.8 Å². The van der Waals surface area contributed by atoms with E-state index < -0.39 is 65.6 Å². The van der Waals surface area contributed by atoms with E-state index in [0.717, 1.165) is 16.0 Å². The Hall–Kier alpha value is -7.13. The zero-order valence-electron chi connectivity index (χ0n) is 34.5. The van der Waals surface area contributed by atoms with Gasteiger partial charge in [0.25, 0.3) is 0 Å². The van der Waals surface area contributed by atoms with Gasteiger partial charge in [-0.1, -0.05) is 103 Å². The molecule has 63 heavy (non-hydrogen) atoms. The summed E-state index contributed by atoms with van der Waals surface area (Å²) in [5.74, 6) is -4.54. The highest BCUT2D eigenvalue weighted by Gasteiger charge is 2.32. The molecule has 0 saturated carbocycles. The molecule has 2 aliphatic rings. The van der Waals surface area contributed by atoms with Crippen molar-refractivity contribution in [1.82, 2.24) is 26.6 Å². The van der Waals surface area contributed by atoms with Crippen LogP contribution in [0.5, 0.6) is 0 Å². The molecule has 4 aromatic carbocycles. The smallest absolute Gasteiger partial charge is 0.303 e. The Kier molecular flexibility index (Phi) is 16.3. The number of thiophene rings is 1. The Balaban J connectivity index is 1.34. The number of hydrogen-bond donors (Lipinski definition) is 7. The summed E-state index contributed by atoms with van der Waals surface area (Å²) >= 11 is 1.40. The van der Waals surface area contributed by atoms with Crippen LogP contribution < -0.4 is 31.9 Å². The maximum atomic E-state index is 14.6. The fourth-order valence-electron chi connectivity index (χ4n) is 7.08. The van der Waals surface area contributed by atoms with Crippen LogP contribution in [0, 0.1) is 0 Å². The zero-order chi connectivity index (χ0) is 44.6. The molecule has 7 N–H and O–H groups in total. The van der Waals surface area contributed by atoms with Gasteiger partial charge in [0.15, 0.2) is 0 Å². The molecule has 326 valence electrons. The first-order chi connectivity index (χ1) is 30.5. The van der Waals surface area contributed by atoms with E-state index in [0.29, 0.717) is 22.4 Å². The monoisotopic (exact) mass is 870 g/mol. The van der Waals surface area contributed by atoms with Gasteiger partial charge in [0.05, 0.1) is 0 Å². The second-order valence-corrected chi connectivity index (χ2v) is 16.3. The predicted octanol–water partition coefficient (Wildman–Crippen LogP) is 4.34. The number of anilines is 1. The second kappa shape index (κ2) is 22.6. The van der Waals surface area contributed by atoms with Crippen LogP contribution in [0.4, 0.5) is 5.69 Å². The third-order valence-corrected chi connectivity index (χ3v) is 11.3. The molecule has 4 atom stereocenters. The zero-order valence-corrected chi connectivity index (χ0v) is 35.3. The van der Waals surface area contributed by atoms with Crippen LogP contribution in [0.25, 0.3) is 11.1 Å². The van der Waals surface area contributed by atoms with Gasteiger partial charge >= 0.3 is 5.97 Å². The van der Waals surface area contributed by atoms with E-state index in [1.54, 1.807) is 48.5 Å². The van der Waals surface area contributed by atoms with Crippen LogP contribution >= 0.6 is 11.3 Å². The van der Waals surface area contributed by atoms with Crippen molar-refractivity contribution in [1.29, 1.82) is 0 Å². The number of carbonyl (C=O) groups is 7. The quantitative estimate of drug-likeness (QED) is 0.0707. The van der Waals surface area contributed by atoms with E-state index in [1.807, 2.05) is 78.2 Å². The normalized spacial score (nSPS) is 19.0. The van der Waals surface area contributed by atoms with Gasteiger partial charge in [0, 0.05) is 62.1 Å². The average Bonchev–Trinajstić information content (AvgIpc) is 3.80. The molecule has 2 aliphatic heterocycles. The van der Waals surface area contributed by atoms with Crippen LogP contribution in [-0.2, 0) is 59.2 Å². The van der Waals surface area contributed by atoms with Crippen LogP contribution in [0.3, 0.4) is 0 Å². The van der Waals surface area contributed by atoms with Crippen molar-refractivity contribution in [2.45, 2.75) is 75.5 Å². The third-order valence-electron chi connectivity index (χ3n) is 10.4. The van der Waals surface area contributed by atoms with E-state index in [9.17, 15) is 33.6 Å². The molecule has 0 spiro atoms. The van der Waals surface area contributed by atoms with Gasteiger partial charge in [-0.2, -0.15) is 0 Å². The van der Waals surface area contributed by atoms with Crippen molar-refractivity contribution in [2.24, 2.45) is 0 Å². The molecule has 5 aromatic rings. The first-order valence-electron chi connectivity index (χ1n) is 20.8. The summed E-state index contributed by atoms with van der Waals surface area (Å²) in [5, 5.41) is 27.8. The van der Waals surface area contributed by atoms with Crippen molar-refractivity contribution in [2.75, 3.05) is 11.9 Å². The van der Waals surface area contributed by atoms with Crippen molar-refractivity contribution in [3.63, 3.8) is 0 Å². The second-order valence-electron chi connectivity index (χ2n) is 15.3. The lowest BCUT2D eigenvalue weighted by molar-refractivity contribution is -0.137. The SMILES string of the molecule is O=C(O)CCCNC(=O)[C@H]1Cc2ccc(cc2)NC(=O)CCC(=O)N[C@H](Cc2cccs2)C(=O)N[C@@H](Cc2ccc(-c3ccccc3)cc2)C(=O)N[C@H](Cc2ccccc2)C(=O)N1. The molecule has 14 nitrogen and oxygen atoms in total. The number of benzene rings is 4. The van der Waals surface area contributed by atoms with Gasteiger partial charge in [0.2, 0.25) is 35.4 Å². The van der Waals surface area contributed by atoms with E-state index in [2.05, 4.69) is 31.9 Å². The standard InChI is InChI=1S/C48H50N6O8S/c55-42-23-24-43(56)51-41(30-37-13-8-26-63-37)48(62)54-40(29-32-15-19-35(20-16-32)34-11-5-2-6-12-34)47(61)53-39(27-31-9-3-1-4-10-31)46(60)52-38(45(59)49-25-7-14-44(57)58)28-33-17-21-36(50-42)22-18-33/h1-6,8-13,15-22,26,38-41H,7,14,23-25,27-30H2,(H,49,59)(H,50,55)(H,51,56)(H,52,60)(H,53,61)(H,54,62)(H,57,58)/t38-,39-,40+,41-/m1/s1. The molecule has 0 radical (unpaired) electrons. The molecule has 6 amide bonds. The number of fused-ring (bicyclic) bond motifs is 18. The van der Waals surface area contributed by atoms with E-state index in [4.69, 9.17) is 5.11 Å². The van der Waals surface area contributed by atoms with E-state index in [-0.39, 0.29) is 57.9 Å². The topological polar surface area (TPSA) is 212 Å². The number of amides is 6. The Bertz CT molecular complexity index is 2340. The Morgan fingerprint density at radius 3 is 1.79 bits per heavy atom. The van der Waals surface area contributed by atoms with Crippen molar-refractivity contribution in [3.05, 3.63) is 148 Å². The van der Waals surface area contributed by atoms with Crippen molar-refractivity contribution in [3.8, 4) is 11.1 Å². The number of rotatable bonds is 12. The Morgan fingerprint density at radius 1 is 0.603 bits per heavy atom. The molecule has 2 bridgehead atoms. The highest BCUT2D eigenvalue weighted by molar-refractivity contribution is 7.09. The summed E-state index contributed by atoms with van der Waals surface area (Å²) in [6, 6.07) is 31.9. The first-order valence-corrected chi connectivity index (χ1v) is 21.7. The molecular weight excluding hydrogens is 821 g/mol. The highest BCUT2D eigenvalue weighted by Crippen LogP contribution is 2.21. The molecule has 0 unspecified atom stereocenters. The number of nitrogens with one attached hydrogen (secondary N) is 6. The fourth-order valence-corrected chi connectivity index (χ4v) is 7.84. The van der Waals surface area contributed by atoms with Crippen molar-refractivity contribution >= 4 is 58.4 Å². The fraction of sp³-hybridized carbons (Fsp3) is 0.271. The maximum absolute atomic E-state index is 14.6. The number of hydrogen-bond acceptors (Lipinski definition) is 8. The van der Waals surface area contributed by atoms with Gasteiger partial charge < -0.3 is 37.0 Å². The van der Waals surface area contributed by atoms with Crippen molar-refractivity contribution < 1.29 is 38.7 Å². The highest BCUT2D eigenvalue weighted by atomic mass is 32.1. The first kappa shape index (κ1) is 45.4. The minimum absolute atomic E-state index is 0.0141. The number of aliphatic carboxylic acids is 1. The molecule has 0 fully saturated rings. The minimum atomic E-state index is -1.24. The Morgan fingerprint density at radius 2 is 1.17 bits per heavy atom. The van der Waals surface area contributed by atoms with Gasteiger partial charge in [0.1, 0.15) is 24.2 Å². The van der Waals surface area contributed by atoms with Crippen LogP contribution in [-0.4, -0.2) is 77.2 Å². The molecule has 1 aromatic heterocycles. The maximum Gasteiger partial charge on any atom is 0.303 e.